The van der Waals surface area contributed by atoms with E-state index in [9.17, 15) is 0 Å². The van der Waals surface area contributed by atoms with E-state index in [1.807, 2.05) is 18.8 Å². The van der Waals surface area contributed by atoms with Crippen LogP contribution in [0.25, 0.3) is 0 Å². The highest BCUT2D eigenvalue weighted by atomic mass is 16.3. The van der Waals surface area contributed by atoms with E-state index in [0.717, 1.165) is 13.0 Å². The van der Waals surface area contributed by atoms with Crippen LogP contribution in [0.3, 0.4) is 0 Å². The van der Waals surface area contributed by atoms with E-state index in [4.69, 9.17) is 4.42 Å². The van der Waals surface area contributed by atoms with E-state index in [1.165, 1.54) is 42.7 Å². The first-order chi connectivity index (χ1) is 9.42. The molecule has 0 saturated heterocycles. The van der Waals surface area contributed by atoms with Crippen molar-refractivity contribution in [1.29, 1.82) is 0 Å². The van der Waals surface area contributed by atoms with Crippen molar-refractivity contribution in [3.05, 3.63) is 41.9 Å². The summed E-state index contributed by atoms with van der Waals surface area (Å²) in [5, 5.41) is 3.67. The molecule has 100 valence electrons. The van der Waals surface area contributed by atoms with Gasteiger partial charge in [0.05, 0.1) is 18.3 Å². The van der Waals surface area contributed by atoms with E-state index in [2.05, 4.69) is 20.9 Å². The maximum absolute atomic E-state index is 5.54. The fourth-order valence-corrected chi connectivity index (χ4v) is 3.08. The molecule has 0 amide bonds. The van der Waals surface area contributed by atoms with Gasteiger partial charge in [-0.05, 0) is 31.7 Å². The van der Waals surface area contributed by atoms with Crippen LogP contribution in [0.5, 0.6) is 0 Å². The Morgan fingerprint density at radius 1 is 1.37 bits per heavy atom. The molecule has 4 rings (SSSR count). The van der Waals surface area contributed by atoms with Gasteiger partial charge in [-0.1, -0.05) is 0 Å². The van der Waals surface area contributed by atoms with Crippen molar-refractivity contribution in [2.45, 2.75) is 50.7 Å². The quantitative estimate of drug-likeness (QED) is 0.915. The molecule has 1 unspecified atom stereocenters. The maximum atomic E-state index is 5.54. The van der Waals surface area contributed by atoms with Gasteiger partial charge >= 0.3 is 0 Å². The van der Waals surface area contributed by atoms with Crippen LogP contribution in [0.2, 0.25) is 0 Å². The molecule has 0 spiro atoms. The third-order valence-electron chi connectivity index (χ3n) is 4.27. The van der Waals surface area contributed by atoms with E-state index in [1.54, 1.807) is 0 Å². The summed E-state index contributed by atoms with van der Waals surface area (Å²) in [4.78, 5) is 4.29. The summed E-state index contributed by atoms with van der Waals surface area (Å²) >= 11 is 0. The van der Waals surface area contributed by atoms with Gasteiger partial charge in [0.25, 0.3) is 0 Å². The van der Waals surface area contributed by atoms with Crippen molar-refractivity contribution < 1.29 is 4.42 Å². The van der Waals surface area contributed by atoms with Gasteiger partial charge in [0.1, 0.15) is 5.76 Å². The number of imidazole rings is 1. The fourth-order valence-electron chi connectivity index (χ4n) is 3.08. The summed E-state index contributed by atoms with van der Waals surface area (Å²) in [7, 11) is 0. The lowest BCUT2D eigenvalue weighted by Gasteiger charge is -2.23. The van der Waals surface area contributed by atoms with Crippen molar-refractivity contribution in [1.82, 2.24) is 14.9 Å². The molecule has 2 aromatic rings. The lowest BCUT2D eigenvalue weighted by Crippen LogP contribution is -2.25. The second kappa shape index (κ2) is 4.53. The number of hydrogen-bond acceptors (Lipinski definition) is 3. The Bertz CT molecular complexity index is 567. The van der Waals surface area contributed by atoms with Crippen LogP contribution in [-0.4, -0.2) is 9.55 Å². The SMILES string of the molecule is c1cc2c(o1)CCCC2NCc1cncn1C1CC1. The zero-order chi connectivity index (χ0) is 12.7. The standard InChI is InChI=1S/C15H19N3O/c1-2-14(13-6-7-19-15(13)3-1)17-9-12-8-16-10-18(12)11-4-5-11/h6-8,10-11,14,17H,1-5,9H2. The molecule has 0 bridgehead atoms. The predicted molar refractivity (Wildman–Crippen MR) is 71.7 cm³/mol. The first-order valence-corrected chi connectivity index (χ1v) is 7.22. The van der Waals surface area contributed by atoms with Crippen LogP contribution in [0, 0.1) is 0 Å². The summed E-state index contributed by atoms with van der Waals surface area (Å²) in [6, 6.07) is 3.25. The molecule has 2 aliphatic carbocycles. The molecule has 0 radical (unpaired) electrons. The van der Waals surface area contributed by atoms with Gasteiger partial charge in [-0.2, -0.15) is 0 Å². The number of aromatic nitrogens is 2. The molecular formula is C15H19N3O. The van der Waals surface area contributed by atoms with Crippen LogP contribution in [-0.2, 0) is 13.0 Å². The summed E-state index contributed by atoms with van der Waals surface area (Å²) in [6.07, 6.45) is 11.9. The Morgan fingerprint density at radius 2 is 2.32 bits per heavy atom. The Labute approximate surface area is 112 Å². The molecule has 1 N–H and O–H groups in total. The number of furan rings is 1. The van der Waals surface area contributed by atoms with Crippen LogP contribution >= 0.6 is 0 Å². The molecule has 2 aliphatic rings. The number of rotatable bonds is 4. The van der Waals surface area contributed by atoms with Crippen LogP contribution in [0.4, 0.5) is 0 Å². The molecule has 4 nitrogen and oxygen atoms in total. The van der Waals surface area contributed by atoms with E-state index in [0.29, 0.717) is 12.1 Å². The number of nitrogens with zero attached hydrogens (tertiary/aromatic N) is 2. The largest absolute Gasteiger partial charge is 0.469 e. The lowest BCUT2D eigenvalue weighted by atomic mass is 9.93. The Balaban J connectivity index is 1.47. The predicted octanol–water partition coefficient (Wildman–Crippen LogP) is 2.98. The average molecular weight is 257 g/mol. The molecule has 19 heavy (non-hydrogen) atoms. The minimum atomic E-state index is 0.435. The topological polar surface area (TPSA) is 43.0 Å². The Morgan fingerprint density at radius 3 is 3.21 bits per heavy atom. The highest BCUT2D eigenvalue weighted by Gasteiger charge is 2.26. The smallest absolute Gasteiger partial charge is 0.108 e. The first-order valence-electron chi connectivity index (χ1n) is 7.22. The van der Waals surface area contributed by atoms with Crippen molar-refractivity contribution in [2.24, 2.45) is 0 Å². The van der Waals surface area contributed by atoms with Gasteiger partial charge in [0.2, 0.25) is 0 Å². The Hall–Kier alpha value is -1.55. The molecule has 4 heteroatoms. The average Bonchev–Trinajstić information content (AvgIpc) is 2.99. The summed E-state index contributed by atoms with van der Waals surface area (Å²) in [5.41, 5.74) is 2.65. The monoisotopic (exact) mass is 257 g/mol. The molecule has 2 aromatic heterocycles. The zero-order valence-electron chi connectivity index (χ0n) is 11.0. The van der Waals surface area contributed by atoms with Crippen LogP contribution < -0.4 is 5.32 Å². The third kappa shape index (κ3) is 2.10. The number of aryl methyl sites for hydroxylation is 1. The second-order valence-corrected chi connectivity index (χ2v) is 5.65. The van der Waals surface area contributed by atoms with Gasteiger partial charge in [0, 0.05) is 36.8 Å². The van der Waals surface area contributed by atoms with Gasteiger partial charge in [0.15, 0.2) is 0 Å². The third-order valence-corrected chi connectivity index (χ3v) is 4.27. The molecule has 1 saturated carbocycles. The van der Waals surface area contributed by atoms with Gasteiger partial charge in [-0.3, -0.25) is 0 Å². The lowest BCUT2D eigenvalue weighted by molar-refractivity contribution is 0.407. The highest BCUT2D eigenvalue weighted by molar-refractivity contribution is 5.24. The van der Waals surface area contributed by atoms with Crippen molar-refractivity contribution in [3.63, 3.8) is 0 Å². The molecule has 0 aromatic carbocycles. The van der Waals surface area contributed by atoms with E-state index in [-0.39, 0.29) is 0 Å². The summed E-state index contributed by atoms with van der Waals surface area (Å²) < 4.78 is 7.86. The van der Waals surface area contributed by atoms with Crippen LogP contribution in [0.1, 0.15) is 54.8 Å². The van der Waals surface area contributed by atoms with Gasteiger partial charge in [-0.15, -0.1) is 0 Å². The van der Waals surface area contributed by atoms with Crippen LogP contribution in [0.15, 0.2) is 29.3 Å². The Kier molecular flexibility index (Phi) is 2.69. The van der Waals surface area contributed by atoms with Crippen molar-refractivity contribution in [2.75, 3.05) is 0 Å². The molecule has 1 fully saturated rings. The minimum absolute atomic E-state index is 0.435. The van der Waals surface area contributed by atoms with E-state index >= 15 is 0 Å². The molecule has 2 heterocycles. The number of nitrogens with one attached hydrogen (secondary N) is 1. The summed E-state index contributed by atoms with van der Waals surface area (Å²) in [6.45, 7) is 0.895. The highest BCUT2D eigenvalue weighted by Crippen LogP contribution is 2.36. The second-order valence-electron chi connectivity index (χ2n) is 5.65. The maximum Gasteiger partial charge on any atom is 0.108 e. The summed E-state index contributed by atoms with van der Waals surface area (Å²) in [5.74, 6) is 1.17. The van der Waals surface area contributed by atoms with Gasteiger partial charge < -0.3 is 14.3 Å². The minimum Gasteiger partial charge on any atom is -0.469 e. The number of hydrogen-bond donors (Lipinski definition) is 1. The fraction of sp³-hybridized carbons (Fsp3) is 0.533. The van der Waals surface area contributed by atoms with Crippen molar-refractivity contribution >= 4 is 0 Å². The molecular weight excluding hydrogens is 238 g/mol. The molecule has 0 aliphatic heterocycles. The van der Waals surface area contributed by atoms with Crippen molar-refractivity contribution in [3.8, 4) is 0 Å². The molecule has 1 atom stereocenters. The first kappa shape index (κ1) is 11.3. The number of fused-ring (bicyclic) bond motifs is 1. The van der Waals surface area contributed by atoms with E-state index < -0.39 is 0 Å². The van der Waals surface area contributed by atoms with Gasteiger partial charge in [-0.25, -0.2) is 4.98 Å². The zero-order valence-corrected chi connectivity index (χ0v) is 11.0. The normalized spacial score (nSPS) is 22.4.